The molecule has 0 aliphatic rings. The minimum absolute atomic E-state index is 0.236. The van der Waals surface area contributed by atoms with Crippen LogP contribution in [0, 0.1) is 6.92 Å². The van der Waals surface area contributed by atoms with Crippen LogP contribution in [0.1, 0.15) is 21.9 Å². The van der Waals surface area contributed by atoms with Crippen molar-refractivity contribution < 1.29 is 9.32 Å². The Morgan fingerprint density at radius 1 is 1.69 bits per heavy atom. The van der Waals surface area contributed by atoms with Crippen molar-refractivity contribution >= 4 is 34.0 Å². The number of carbonyl (C=O) groups is 1. The van der Waals surface area contributed by atoms with E-state index in [4.69, 9.17) is 16.1 Å². The van der Waals surface area contributed by atoms with Crippen molar-refractivity contribution in [2.75, 3.05) is 5.32 Å². The SMILES string of the molecule is Cc1cc(C(=O)Nc2nc(CCl)cs2)no1. The van der Waals surface area contributed by atoms with Gasteiger partial charge in [-0.3, -0.25) is 10.1 Å². The van der Waals surface area contributed by atoms with Gasteiger partial charge in [-0.15, -0.1) is 22.9 Å². The Hall–Kier alpha value is -1.40. The first-order chi connectivity index (χ1) is 7.69. The molecule has 0 saturated heterocycles. The fraction of sp³-hybridized carbons (Fsp3) is 0.222. The van der Waals surface area contributed by atoms with Gasteiger partial charge in [0.15, 0.2) is 10.8 Å². The van der Waals surface area contributed by atoms with Gasteiger partial charge >= 0.3 is 0 Å². The molecule has 0 atom stereocenters. The van der Waals surface area contributed by atoms with Gasteiger partial charge in [0.1, 0.15) is 5.76 Å². The van der Waals surface area contributed by atoms with E-state index in [1.807, 2.05) is 0 Å². The summed E-state index contributed by atoms with van der Waals surface area (Å²) in [4.78, 5) is 15.7. The maximum absolute atomic E-state index is 11.6. The summed E-state index contributed by atoms with van der Waals surface area (Å²) in [5.74, 6) is 0.577. The van der Waals surface area contributed by atoms with E-state index < -0.39 is 0 Å². The van der Waals surface area contributed by atoms with Gasteiger partial charge in [-0.1, -0.05) is 5.16 Å². The zero-order valence-electron chi connectivity index (χ0n) is 8.36. The number of anilines is 1. The maximum Gasteiger partial charge on any atom is 0.279 e. The molecule has 2 rings (SSSR count). The molecule has 0 aliphatic carbocycles. The zero-order chi connectivity index (χ0) is 11.5. The lowest BCUT2D eigenvalue weighted by atomic mass is 10.4. The molecule has 0 bridgehead atoms. The topological polar surface area (TPSA) is 68.0 Å². The Labute approximate surface area is 100 Å². The molecule has 0 saturated carbocycles. The van der Waals surface area contributed by atoms with Gasteiger partial charge in [-0.25, -0.2) is 4.98 Å². The fourth-order valence-corrected chi connectivity index (χ4v) is 1.99. The van der Waals surface area contributed by atoms with Crippen molar-refractivity contribution in [3.63, 3.8) is 0 Å². The first-order valence-electron chi connectivity index (χ1n) is 4.44. The summed E-state index contributed by atoms with van der Waals surface area (Å²) in [5, 5.41) is 8.51. The van der Waals surface area contributed by atoms with Gasteiger partial charge in [0, 0.05) is 11.4 Å². The van der Waals surface area contributed by atoms with Crippen molar-refractivity contribution in [3.8, 4) is 0 Å². The number of amides is 1. The first-order valence-corrected chi connectivity index (χ1v) is 5.85. The number of hydrogen-bond acceptors (Lipinski definition) is 5. The number of carbonyl (C=O) groups excluding carboxylic acids is 1. The second kappa shape index (κ2) is 4.63. The number of nitrogens with zero attached hydrogens (tertiary/aromatic N) is 2. The zero-order valence-corrected chi connectivity index (χ0v) is 9.93. The molecule has 1 amide bonds. The van der Waals surface area contributed by atoms with Crippen LogP contribution in [-0.4, -0.2) is 16.0 Å². The first kappa shape index (κ1) is 11.1. The van der Waals surface area contributed by atoms with Crippen LogP contribution in [0.15, 0.2) is 16.0 Å². The van der Waals surface area contributed by atoms with E-state index in [1.165, 1.54) is 11.3 Å². The van der Waals surface area contributed by atoms with Crippen LogP contribution in [0.3, 0.4) is 0 Å². The van der Waals surface area contributed by atoms with Crippen molar-refractivity contribution in [2.24, 2.45) is 0 Å². The Balaban J connectivity index is 2.07. The molecule has 0 radical (unpaired) electrons. The average molecular weight is 258 g/mol. The van der Waals surface area contributed by atoms with Crippen molar-refractivity contribution in [1.29, 1.82) is 0 Å². The van der Waals surface area contributed by atoms with Gasteiger partial charge in [-0.05, 0) is 6.92 Å². The molecule has 1 N–H and O–H groups in total. The molecule has 2 heterocycles. The number of nitrogens with one attached hydrogen (secondary N) is 1. The molecule has 2 aromatic rings. The van der Waals surface area contributed by atoms with E-state index >= 15 is 0 Å². The largest absolute Gasteiger partial charge is 0.361 e. The predicted octanol–water partition coefficient (Wildman–Crippen LogP) is 2.43. The molecule has 5 nitrogen and oxygen atoms in total. The second-order valence-corrected chi connectivity index (χ2v) is 4.18. The summed E-state index contributed by atoms with van der Waals surface area (Å²) in [6, 6.07) is 1.56. The number of aryl methyl sites for hydroxylation is 1. The molecule has 0 aromatic carbocycles. The van der Waals surface area contributed by atoms with Gasteiger partial charge < -0.3 is 4.52 Å². The molecule has 0 unspecified atom stereocenters. The van der Waals surface area contributed by atoms with E-state index in [9.17, 15) is 4.79 Å². The fourth-order valence-electron chi connectivity index (χ4n) is 1.06. The minimum Gasteiger partial charge on any atom is -0.361 e. The molecule has 7 heteroatoms. The molecule has 16 heavy (non-hydrogen) atoms. The number of rotatable bonds is 3. The number of hydrogen-bond donors (Lipinski definition) is 1. The van der Waals surface area contributed by atoms with Crippen LogP contribution in [0.5, 0.6) is 0 Å². The Morgan fingerprint density at radius 3 is 3.06 bits per heavy atom. The van der Waals surface area contributed by atoms with Crippen LogP contribution >= 0.6 is 22.9 Å². The Bertz CT molecular complexity index is 508. The third-order valence-corrected chi connectivity index (χ3v) is 2.85. The van der Waals surface area contributed by atoms with E-state index in [0.717, 1.165) is 5.69 Å². The van der Waals surface area contributed by atoms with E-state index in [0.29, 0.717) is 16.8 Å². The number of thiazole rings is 1. The van der Waals surface area contributed by atoms with Crippen LogP contribution in [0.2, 0.25) is 0 Å². The van der Waals surface area contributed by atoms with Crippen LogP contribution in [0.4, 0.5) is 5.13 Å². The van der Waals surface area contributed by atoms with Gasteiger partial charge in [0.2, 0.25) is 0 Å². The van der Waals surface area contributed by atoms with Gasteiger partial charge in [-0.2, -0.15) is 0 Å². The molecule has 0 spiro atoms. The monoisotopic (exact) mass is 257 g/mol. The van der Waals surface area contributed by atoms with Crippen LogP contribution < -0.4 is 5.32 Å². The van der Waals surface area contributed by atoms with Crippen molar-refractivity contribution in [3.05, 3.63) is 28.6 Å². The molecular formula is C9H8ClN3O2S. The normalized spacial score (nSPS) is 10.4. The highest BCUT2D eigenvalue weighted by molar-refractivity contribution is 7.14. The lowest BCUT2D eigenvalue weighted by Crippen LogP contribution is -2.11. The van der Waals surface area contributed by atoms with Crippen LogP contribution in [-0.2, 0) is 5.88 Å². The predicted molar refractivity (Wildman–Crippen MR) is 60.9 cm³/mol. The van der Waals surface area contributed by atoms with Crippen molar-refractivity contribution in [1.82, 2.24) is 10.1 Å². The van der Waals surface area contributed by atoms with E-state index in [-0.39, 0.29) is 11.6 Å². The van der Waals surface area contributed by atoms with Crippen LogP contribution in [0.25, 0.3) is 0 Å². The van der Waals surface area contributed by atoms with Gasteiger partial charge in [0.05, 0.1) is 11.6 Å². The maximum atomic E-state index is 11.6. The van der Waals surface area contributed by atoms with E-state index in [2.05, 4.69) is 15.5 Å². The van der Waals surface area contributed by atoms with Gasteiger partial charge in [0.25, 0.3) is 5.91 Å². The molecule has 2 aromatic heterocycles. The molecular weight excluding hydrogens is 250 g/mol. The highest BCUT2D eigenvalue weighted by Gasteiger charge is 2.12. The summed E-state index contributed by atoms with van der Waals surface area (Å²) < 4.78 is 4.80. The molecule has 0 aliphatic heterocycles. The van der Waals surface area contributed by atoms with Crippen molar-refractivity contribution in [2.45, 2.75) is 12.8 Å². The molecule has 0 fully saturated rings. The third-order valence-electron chi connectivity index (χ3n) is 1.77. The summed E-state index contributed by atoms with van der Waals surface area (Å²) in [5.41, 5.74) is 0.971. The Morgan fingerprint density at radius 2 is 2.50 bits per heavy atom. The highest BCUT2D eigenvalue weighted by Crippen LogP contribution is 2.17. The van der Waals surface area contributed by atoms with E-state index in [1.54, 1.807) is 18.4 Å². The smallest absolute Gasteiger partial charge is 0.279 e. The summed E-state index contributed by atoms with van der Waals surface area (Å²) >= 11 is 6.92. The average Bonchev–Trinajstić information content (AvgIpc) is 2.87. The quantitative estimate of drug-likeness (QED) is 0.858. The third kappa shape index (κ3) is 2.40. The minimum atomic E-state index is -0.340. The summed E-state index contributed by atoms with van der Waals surface area (Å²) in [7, 11) is 0. The number of halogens is 1. The summed E-state index contributed by atoms with van der Waals surface area (Å²) in [6.45, 7) is 1.72. The molecule has 84 valence electrons. The lowest BCUT2D eigenvalue weighted by Gasteiger charge is -1.95. The summed E-state index contributed by atoms with van der Waals surface area (Å²) in [6.07, 6.45) is 0. The lowest BCUT2D eigenvalue weighted by molar-refractivity contribution is 0.101. The number of aromatic nitrogens is 2. The standard InChI is InChI=1S/C9H8ClN3O2S/c1-5-2-7(13-15-5)8(14)12-9-11-6(3-10)4-16-9/h2,4H,3H2,1H3,(H,11,12,14). The number of alkyl halides is 1. The second-order valence-electron chi connectivity index (χ2n) is 3.05. The Kier molecular flexibility index (Phi) is 3.21. The highest BCUT2D eigenvalue weighted by atomic mass is 35.5.